The first-order chi connectivity index (χ1) is 8.31. The highest BCUT2D eigenvalue weighted by Gasteiger charge is 2.23. The lowest BCUT2D eigenvalue weighted by Crippen LogP contribution is -1.92. The highest BCUT2D eigenvalue weighted by molar-refractivity contribution is 7.16. The van der Waals surface area contributed by atoms with Crippen LogP contribution in [0.2, 0.25) is 0 Å². The summed E-state index contributed by atoms with van der Waals surface area (Å²) in [6.07, 6.45) is 3.58. The van der Waals surface area contributed by atoms with Crippen molar-refractivity contribution in [1.82, 2.24) is 0 Å². The van der Waals surface area contributed by atoms with Crippen LogP contribution in [-0.4, -0.2) is 7.11 Å². The number of methoxy groups -OCH3 is 1. The van der Waals surface area contributed by atoms with E-state index in [1.165, 1.54) is 28.8 Å². The van der Waals surface area contributed by atoms with Crippen LogP contribution in [0, 0.1) is 0 Å². The molecule has 0 aliphatic heterocycles. The molecule has 0 radical (unpaired) electrons. The molecule has 0 unspecified atom stereocenters. The van der Waals surface area contributed by atoms with Crippen molar-refractivity contribution in [3.05, 3.63) is 34.7 Å². The van der Waals surface area contributed by atoms with Crippen molar-refractivity contribution in [2.45, 2.75) is 19.3 Å². The van der Waals surface area contributed by atoms with Crippen molar-refractivity contribution in [3.63, 3.8) is 0 Å². The number of para-hydroxylation sites is 1. The minimum absolute atomic E-state index is 0.909. The van der Waals surface area contributed by atoms with Crippen molar-refractivity contribution in [3.8, 4) is 16.9 Å². The van der Waals surface area contributed by atoms with Crippen LogP contribution >= 0.6 is 11.3 Å². The lowest BCUT2D eigenvalue weighted by molar-refractivity contribution is 0.416. The first-order valence-electron chi connectivity index (χ1n) is 5.84. The van der Waals surface area contributed by atoms with Gasteiger partial charge in [-0.25, -0.2) is 0 Å². The maximum atomic E-state index is 6.17. The number of fused-ring (bicyclic) bond motifs is 1. The molecular weight excluding hydrogens is 230 g/mol. The second kappa shape index (κ2) is 4.08. The average Bonchev–Trinajstić information content (AvgIpc) is 2.89. The molecule has 3 rings (SSSR count). The van der Waals surface area contributed by atoms with Crippen LogP contribution in [0.3, 0.4) is 0 Å². The number of hydrogen-bond donors (Lipinski definition) is 1. The van der Waals surface area contributed by atoms with Crippen LogP contribution in [0.4, 0.5) is 5.00 Å². The molecule has 0 fully saturated rings. The van der Waals surface area contributed by atoms with E-state index < -0.39 is 0 Å². The summed E-state index contributed by atoms with van der Waals surface area (Å²) in [6, 6.07) is 8.12. The standard InChI is InChI=1S/C14H15NOS/c1-16-11-7-3-2-5-9(11)13-10-6-4-8-12(10)17-14(13)15/h2-3,5,7H,4,6,8,15H2,1H3. The molecule has 1 heterocycles. The molecule has 1 aromatic heterocycles. The van der Waals surface area contributed by atoms with E-state index in [1.807, 2.05) is 18.2 Å². The van der Waals surface area contributed by atoms with E-state index in [1.54, 1.807) is 18.4 Å². The van der Waals surface area contributed by atoms with Gasteiger partial charge in [0.15, 0.2) is 0 Å². The Kier molecular flexibility index (Phi) is 2.56. The van der Waals surface area contributed by atoms with E-state index in [4.69, 9.17) is 10.5 Å². The molecule has 0 spiro atoms. The zero-order valence-electron chi connectivity index (χ0n) is 9.82. The van der Waals surface area contributed by atoms with Gasteiger partial charge in [0.2, 0.25) is 0 Å². The van der Waals surface area contributed by atoms with Crippen molar-refractivity contribution < 1.29 is 4.74 Å². The Morgan fingerprint density at radius 1 is 1.24 bits per heavy atom. The number of aryl methyl sites for hydroxylation is 1. The van der Waals surface area contributed by atoms with Gasteiger partial charge in [0.25, 0.3) is 0 Å². The minimum Gasteiger partial charge on any atom is -0.496 e. The van der Waals surface area contributed by atoms with Crippen molar-refractivity contribution >= 4 is 16.3 Å². The Labute approximate surface area is 105 Å². The zero-order chi connectivity index (χ0) is 11.8. The van der Waals surface area contributed by atoms with Crippen LogP contribution in [0.25, 0.3) is 11.1 Å². The molecule has 2 aromatic rings. The Balaban J connectivity index is 2.21. The molecule has 2 nitrogen and oxygen atoms in total. The van der Waals surface area contributed by atoms with Crippen molar-refractivity contribution in [2.24, 2.45) is 0 Å². The molecular formula is C14H15NOS. The number of hydrogen-bond acceptors (Lipinski definition) is 3. The molecule has 1 aliphatic carbocycles. The zero-order valence-corrected chi connectivity index (χ0v) is 10.6. The normalized spacial score (nSPS) is 13.7. The second-order valence-electron chi connectivity index (χ2n) is 4.30. The van der Waals surface area contributed by atoms with E-state index in [9.17, 15) is 0 Å². The fourth-order valence-corrected chi connectivity index (χ4v) is 3.75. The Morgan fingerprint density at radius 2 is 2.06 bits per heavy atom. The summed E-state index contributed by atoms with van der Waals surface area (Å²) in [5.41, 5.74) is 9.95. The van der Waals surface area contributed by atoms with E-state index in [2.05, 4.69) is 6.07 Å². The Morgan fingerprint density at radius 3 is 2.88 bits per heavy atom. The minimum atomic E-state index is 0.909. The average molecular weight is 245 g/mol. The SMILES string of the molecule is COc1ccccc1-c1c(N)sc2c1CCC2. The van der Waals surface area contributed by atoms with Gasteiger partial charge in [-0.15, -0.1) is 11.3 Å². The second-order valence-corrected chi connectivity index (χ2v) is 5.43. The largest absolute Gasteiger partial charge is 0.496 e. The monoisotopic (exact) mass is 245 g/mol. The molecule has 1 aromatic carbocycles. The molecule has 0 amide bonds. The predicted octanol–water partition coefficient (Wildman–Crippen LogP) is 3.49. The van der Waals surface area contributed by atoms with Gasteiger partial charge < -0.3 is 10.5 Å². The molecule has 2 N–H and O–H groups in total. The predicted molar refractivity (Wildman–Crippen MR) is 72.7 cm³/mol. The molecule has 1 aliphatic rings. The van der Waals surface area contributed by atoms with E-state index in [-0.39, 0.29) is 0 Å². The number of thiophene rings is 1. The Bertz CT molecular complexity index is 559. The topological polar surface area (TPSA) is 35.2 Å². The van der Waals surface area contributed by atoms with Crippen molar-refractivity contribution in [1.29, 1.82) is 0 Å². The lowest BCUT2D eigenvalue weighted by atomic mass is 10.0. The molecule has 0 atom stereocenters. The quantitative estimate of drug-likeness (QED) is 0.879. The van der Waals surface area contributed by atoms with E-state index >= 15 is 0 Å². The van der Waals surface area contributed by atoms with Gasteiger partial charge in [0.1, 0.15) is 5.75 Å². The first kappa shape index (κ1) is 10.7. The van der Waals surface area contributed by atoms with Crippen LogP contribution in [-0.2, 0) is 12.8 Å². The van der Waals surface area contributed by atoms with Gasteiger partial charge in [0, 0.05) is 16.0 Å². The molecule has 0 saturated carbocycles. The summed E-state index contributed by atoms with van der Waals surface area (Å²) < 4.78 is 5.43. The van der Waals surface area contributed by atoms with E-state index in [0.29, 0.717) is 0 Å². The molecule has 0 saturated heterocycles. The maximum absolute atomic E-state index is 6.17. The highest BCUT2D eigenvalue weighted by atomic mass is 32.1. The van der Waals surface area contributed by atoms with E-state index in [0.717, 1.165) is 22.7 Å². The smallest absolute Gasteiger partial charge is 0.126 e. The first-order valence-corrected chi connectivity index (χ1v) is 6.66. The van der Waals surface area contributed by atoms with Gasteiger partial charge in [-0.3, -0.25) is 0 Å². The molecule has 3 heteroatoms. The van der Waals surface area contributed by atoms with Gasteiger partial charge in [-0.1, -0.05) is 18.2 Å². The third-order valence-corrected chi connectivity index (χ3v) is 4.45. The van der Waals surface area contributed by atoms with Crippen molar-refractivity contribution in [2.75, 3.05) is 12.8 Å². The molecule has 0 bridgehead atoms. The number of nitrogens with two attached hydrogens (primary N) is 1. The van der Waals surface area contributed by atoms with Crippen LogP contribution in [0.5, 0.6) is 5.75 Å². The summed E-state index contributed by atoms with van der Waals surface area (Å²) >= 11 is 1.74. The van der Waals surface area contributed by atoms with Crippen LogP contribution < -0.4 is 10.5 Å². The Hall–Kier alpha value is -1.48. The summed E-state index contributed by atoms with van der Waals surface area (Å²) in [4.78, 5) is 1.46. The van der Waals surface area contributed by atoms with Gasteiger partial charge >= 0.3 is 0 Å². The van der Waals surface area contributed by atoms with Gasteiger partial charge in [-0.05, 0) is 30.9 Å². The number of anilines is 1. The van der Waals surface area contributed by atoms with Gasteiger partial charge in [-0.2, -0.15) is 0 Å². The number of ether oxygens (including phenoxy) is 1. The van der Waals surface area contributed by atoms with Gasteiger partial charge in [0.05, 0.1) is 12.1 Å². The number of rotatable bonds is 2. The molecule has 17 heavy (non-hydrogen) atoms. The number of nitrogen functional groups attached to an aromatic ring is 1. The maximum Gasteiger partial charge on any atom is 0.126 e. The van der Waals surface area contributed by atoms with Crippen LogP contribution in [0.1, 0.15) is 16.9 Å². The highest BCUT2D eigenvalue weighted by Crippen LogP contribution is 2.45. The third kappa shape index (κ3) is 1.62. The third-order valence-electron chi connectivity index (χ3n) is 3.32. The summed E-state index contributed by atoms with van der Waals surface area (Å²) in [5.74, 6) is 0.909. The fraction of sp³-hybridized carbons (Fsp3) is 0.286. The fourth-order valence-electron chi connectivity index (χ4n) is 2.57. The summed E-state index contributed by atoms with van der Waals surface area (Å²) in [7, 11) is 1.71. The number of benzene rings is 1. The molecule has 88 valence electrons. The summed E-state index contributed by atoms with van der Waals surface area (Å²) in [5, 5.41) is 0.930. The summed E-state index contributed by atoms with van der Waals surface area (Å²) in [6.45, 7) is 0. The lowest BCUT2D eigenvalue weighted by Gasteiger charge is -2.09. The van der Waals surface area contributed by atoms with Crippen LogP contribution in [0.15, 0.2) is 24.3 Å².